The van der Waals surface area contributed by atoms with Crippen molar-refractivity contribution in [1.29, 1.82) is 0 Å². The van der Waals surface area contributed by atoms with Gasteiger partial charge in [0.2, 0.25) is 0 Å². The summed E-state index contributed by atoms with van der Waals surface area (Å²) in [6, 6.07) is 22.6. The average Bonchev–Trinajstić information content (AvgIpc) is 2.64. The highest BCUT2D eigenvalue weighted by atomic mass is 35.5. The molecule has 0 spiro atoms. The van der Waals surface area contributed by atoms with E-state index in [0.29, 0.717) is 16.4 Å². The normalized spacial score (nSPS) is 11.2. The molecule has 0 radical (unpaired) electrons. The van der Waals surface area contributed by atoms with E-state index in [1.165, 1.54) is 4.31 Å². The minimum absolute atomic E-state index is 0.227. The van der Waals surface area contributed by atoms with Crippen molar-refractivity contribution in [3.63, 3.8) is 0 Å². The zero-order valence-corrected chi connectivity index (χ0v) is 16.1. The Bertz CT molecular complexity index is 991. The van der Waals surface area contributed by atoms with Gasteiger partial charge in [-0.05, 0) is 42.5 Å². The predicted molar refractivity (Wildman–Crippen MR) is 108 cm³/mol. The quantitative estimate of drug-likeness (QED) is 0.624. The first kappa shape index (κ1) is 18.3. The molecule has 0 N–H and O–H groups in total. The molecule has 3 aromatic carbocycles. The summed E-state index contributed by atoms with van der Waals surface area (Å²) in [7, 11) is -0.0615. The minimum atomic E-state index is -3.79. The van der Waals surface area contributed by atoms with E-state index in [2.05, 4.69) is 0 Å². The maximum Gasteiger partial charge on any atom is 0.268 e. The Morgan fingerprint density at radius 3 is 1.92 bits per heavy atom. The number of benzene rings is 3. The summed E-state index contributed by atoms with van der Waals surface area (Å²) in [5.41, 5.74) is 1.82. The lowest BCUT2D eigenvalue weighted by atomic mass is 10.2. The lowest BCUT2D eigenvalue weighted by Crippen LogP contribution is -2.26. The first-order valence-corrected chi connectivity index (χ1v) is 9.85. The van der Waals surface area contributed by atoms with Crippen LogP contribution >= 0.6 is 11.6 Å². The first-order valence-electron chi connectivity index (χ1n) is 8.03. The third-order valence-corrected chi connectivity index (χ3v) is 6.01. The molecule has 3 aromatic rings. The third-order valence-electron chi connectivity index (χ3n) is 3.92. The molecule has 26 heavy (non-hydrogen) atoms. The Labute approximate surface area is 159 Å². The number of hydrogen-bond acceptors (Lipinski definition) is 3. The van der Waals surface area contributed by atoms with Crippen molar-refractivity contribution >= 4 is 38.7 Å². The van der Waals surface area contributed by atoms with Crippen molar-refractivity contribution in [3.8, 4) is 0 Å². The molecular formula is C20H19ClN2O2S. The molecule has 0 atom stereocenters. The van der Waals surface area contributed by atoms with Gasteiger partial charge in [-0.25, -0.2) is 12.7 Å². The molecule has 0 fully saturated rings. The summed E-state index contributed by atoms with van der Waals surface area (Å²) < 4.78 is 28.1. The summed E-state index contributed by atoms with van der Waals surface area (Å²) in [5.74, 6) is 0. The Hall–Kier alpha value is -2.50. The van der Waals surface area contributed by atoms with E-state index in [4.69, 9.17) is 11.6 Å². The molecule has 0 aliphatic heterocycles. The number of sulfonamides is 1. The first-order chi connectivity index (χ1) is 12.4. The van der Waals surface area contributed by atoms with Gasteiger partial charge >= 0.3 is 0 Å². The van der Waals surface area contributed by atoms with Gasteiger partial charge in [-0.15, -0.1) is 0 Å². The van der Waals surface area contributed by atoms with Crippen LogP contribution in [0, 0.1) is 0 Å². The summed E-state index contributed by atoms with van der Waals surface area (Å²) in [5, 5.41) is 0.559. The van der Waals surface area contributed by atoms with E-state index in [9.17, 15) is 8.42 Å². The fourth-order valence-corrected chi connectivity index (χ4v) is 4.45. The molecule has 4 nitrogen and oxygen atoms in total. The third kappa shape index (κ3) is 3.54. The second-order valence-electron chi connectivity index (χ2n) is 5.95. The molecular weight excluding hydrogens is 368 g/mol. The zero-order valence-electron chi connectivity index (χ0n) is 14.5. The second kappa shape index (κ2) is 7.40. The summed E-state index contributed by atoms with van der Waals surface area (Å²) >= 11 is 6.26. The highest BCUT2D eigenvalue weighted by Gasteiger charge is 2.27. The van der Waals surface area contributed by atoms with E-state index in [-0.39, 0.29) is 4.90 Å². The molecule has 0 saturated carbocycles. The van der Waals surface area contributed by atoms with Crippen molar-refractivity contribution < 1.29 is 8.42 Å². The smallest absolute Gasteiger partial charge is 0.268 e. The van der Waals surface area contributed by atoms with Crippen LogP contribution in [0.4, 0.5) is 17.1 Å². The number of halogens is 1. The highest BCUT2D eigenvalue weighted by molar-refractivity contribution is 7.93. The van der Waals surface area contributed by atoms with Crippen molar-refractivity contribution in [2.45, 2.75) is 4.90 Å². The number of para-hydroxylation sites is 1. The number of hydrogen-bond donors (Lipinski definition) is 0. The predicted octanol–water partition coefficient (Wildman–Crippen LogP) is 4.93. The molecule has 0 aromatic heterocycles. The Kier molecular flexibility index (Phi) is 5.20. The van der Waals surface area contributed by atoms with Crippen molar-refractivity contribution in [1.82, 2.24) is 0 Å². The van der Waals surface area contributed by atoms with E-state index in [0.717, 1.165) is 5.69 Å². The Morgan fingerprint density at radius 1 is 0.769 bits per heavy atom. The van der Waals surface area contributed by atoms with Crippen LogP contribution in [-0.2, 0) is 10.0 Å². The fraction of sp³-hybridized carbons (Fsp3) is 0.100. The molecule has 3 rings (SSSR count). The minimum Gasteiger partial charge on any atom is -0.376 e. The molecule has 0 aliphatic carbocycles. The lowest BCUT2D eigenvalue weighted by Gasteiger charge is -2.26. The SMILES string of the molecule is CN(C)c1cc(N(c2ccccc2)S(=O)(=O)c2ccccc2)ccc1Cl. The molecule has 0 heterocycles. The van der Waals surface area contributed by atoms with Gasteiger partial charge in [0.25, 0.3) is 10.0 Å². The van der Waals surface area contributed by atoms with Crippen molar-refractivity contribution in [2.75, 3.05) is 23.3 Å². The highest BCUT2D eigenvalue weighted by Crippen LogP contribution is 2.36. The van der Waals surface area contributed by atoms with Crippen LogP contribution < -0.4 is 9.21 Å². The van der Waals surface area contributed by atoms with Crippen molar-refractivity contribution in [3.05, 3.63) is 83.9 Å². The van der Waals surface area contributed by atoms with Crippen LogP contribution in [-0.4, -0.2) is 22.5 Å². The van der Waals surface area contributed by atoms with Crippen LogP contribution in [0.5, 0.6) is 0 Å². The average molecular weight is 387 g/mol. The maximum atomic E-state index is 13.4. The van der Waals surface area contributed by atoms with Crippen LogP contribution in [0.25, 0.3) is 0 Å². The van der Waals surface area contributed by atoms with Gasteiger partial charge in [0.1, 0.15) is 0 Å². The summed E-state index contributed by atoms with van der Waals surface area (Å²) in [4.78, 5) is 2.08. The van der Waals surface area contributed by atoms with Gasteiger partial charge in [0.15, 0.2) is 0 Å². The van der Waals surface area contributed by atoms with Gasteiger partial charge in [-0.3, -0.25) is 0 Å². The number of nitrogens with zero attached hydrogens (tertiary/aromatic N) is 2. The zero-order chi connectivity index (χ0) is 18.7. The lowest BCUT2D eigenvalue weighted by molar-refractivity contribution is 0.596. The molecule has 0 aliphatic rings. The molecule has 134 valence electrons. The van der Waals surface area contributed by atoms with Gasteiger partial charge in [0, 0.05) is 14.1 Å². The standard InChI is InChI=1S/C20H19ClN2O2S/c1-22(2)20-15-17(13-14-19(20)21)23(16-9-5-3-6-10-16)26(24,25)18-11-7-4-8-12-18/h3-15H,1-2H3. The number of rotatable bonds is 5. The molecule has 0 bridgehead atoms. The van der Waals surface area contributed by atoms with E-state index < -0.39 is 10.0 Å². The van der Waals surface area contributed by atoms with Gasteiger partial charge in [-0.1, -0.05) is 48.0 Å². The second-order valence-corrected chi connectivity index (χ2v) is 8.14. The van der Waals surface area contributed by atoms with Crippen LogP contribution in [0.3, 0.4) is 0 Å². The Morgan fingerprint density at radius 2 is 1.35 bits per heavy atom. The summed E-state index contributed by atoms with van der Waals surface area (Å²) in [6.07, 6.45) is 0. The summed E-state index contributed by atoms with van der Waals surface area (Å²) in [6.45, 7) is 0. The van der Waals surface area contributed by atoms with Crippen LogP contribution in [0.1, 0.15) is 0 Å². The van der Waals surface area contributed by atoms with E-state index in [1.807, 2.05) is 37.2 Å². The van der Waals surface area contributed by atoms with Gasteiger partial charge in [0.05, 0.1) is 27.0 Å². The van der Waals surface area contributed by atoms with Crippen molar-refractivity contribution in [2.24, 2.45) is 0 Å². The number of anilines is 3. The molecule has 0 unspecified atom stereocenters. The molecule has 0 amide bonds. The van der Waals surface area contributed by atoms with Crippen LogP contribution in [0.2, 0.25) is 5.02 Å². The molecule has 0 saturated heterocycles. The topological polar surface area (TPSA) is 40.6 Å². The monoisotopic (exact) mass is 386 g/mol. The van der Waals surface area contributed by atoms with E-state index >= 15 is 0 Å². The maximum absolute atomic E-state index is 13.4. The molecule has 6 heteroatoms. The van der Waals surface area contributed by atoms with Crippen LogP contribution in [0.15, 0.2) is 83.8 Å². The van der Waals surface area contributed by atoms with Gasteiger partial charge < -0.3 is 4.90 Å². The fourth-order valence-electron chi connectivity index (χ4n) is 2.66. The Balaban J connectivity index is 2.22. The van der Waals surface area contributed by atoms with E-state index in [1.54, 1.807) is 60.7 Å². The largest absolute Gasteiger partial charge is 0.376 e. The van der Waals surface area contributed by atoms with Gasteiger partial charge in [-0.2, -0.15) is 0 Å².